The SMILES string of the molecule is CC(NC(=O)COCC(=O)O)c1c(F)cccc1F. The van der Waals surface area contributed by atoms with Crippen LogP contribution in [0.3, 0.4) is 0 Å². The molecule has 1 aromatic rings. The van der Waals surface area contributed by atoms with Crippen LogP contribution in [0, 0.1) is 11.6 Å². The zero-order valence-corrected chi connectivity index (χ0v) is 10.2. The summed E-state index contributed by atoms with van der Waals surface area (Å²) in [4.78, 5) is 21.5. The van der Waals surface area contributed by atoms with E-state index >= 15 is 0 Å². The molecule has 7 heteroatoms. The molecule has 0 saturated heterocycles. The first-order valence-corrected chi connectivity index (χ1v) is 5.44. The maximum absolute atomic E-state index is 13.4. The molecule has 1 unspecified atom stereocenters. The van der Waals surface area contributed by atoms with Gasteiger partial charge in [-0.3, -0.25) is 4.79 Å². The Balaban J connectivity index is 2.57. The predicted octanol–water partition coefficient (Wildman–Crippen LogP) is 1.24. The monoisotopic (exact) mass is 273 g/mol. The fourth-order valence-corrected chi connectivity index (χ4v) is 1.51. The Bertz CT molecular complexity index is 459. The topological polar surface area (TPSA) is 75.6 Å². The highest BCUT2D eigenvalue weighted by Crippen LogP contribution is 2.19. The van der Waals surface area contributed by atoms with Crippen molar-refractivity contribution in [2.75, 3.05) is 13.2 Å². The molecule has 1 aromatic carbocycles. The number of rotatable bonds is 6. The number of amides is 1. The summed E-state index contributed by atoms with van der Waals surface area (Å²) in [6.45, 7) is 0.305. The molecule has 1 rings (SSSR count). The fourth-order valence-electron chi connectivity index (χ4n) is 1.51. The van der Waals surface area contributed by atoms with E-state index in [1.54, 1.807) is 0 Å². The smallest absolute Gasteiger partial charge is 0.329 e. The van der Waals surface area contributed by atoms with Crippen LogP contribution in [0.4, 0.5) is 8.78 Å². The minimum atomic E-state index is -1.21. The summed E-state index contributed by atoms with van der Waals surface area (Å²) in [7, 11) is 0. The zero-order valence-electron chi connectivity index (χ0n) is 10.2. The lowest BCUT2D eigenvalue weighted by Crippen LogP contribution is -2.31. The molecule has 0 aromatic heterocycles. The molecule has 104 valence electrons. The van der Waals surface area contributed by atoms with Crippen molar-refractivity contribution in [3.8, 4) is 0 Å². The van der Waals surface area contributed by atoms with Gasteiger partial charge in [0.15, 0.2) is 0 Å². The van der Waals surface area contributed by atoms with Gasteiger partial charge in [0.25, 0.3) is 0 Å². The number of carboxylic acid groups (broad SMARTS) is 1. The molecule has 1 amide bonds. The van der Waals surface area contributed by atoms with Gasteiger partial charge in [-0.25, -0.2) is 13.6 Å². The Morgan fingerprint density at radius 2 is 1.89 bits per heavy atom. The molecule has 0 heterocycles. The number of halogens is 2. The number of carboxylic acids is 1. The standard InChI is InChI=1S/C12H13F2NO4/c1-7(12-8(13)3-2-4-9(12)14)15-10(16)5-19-6-11(17)18/h2-4,7H,5-6H2,1H3,(H,15,16)(H,17,18). The van der Waals surface area contributed by atoms with Gasteiger partial charge in [-0.2, -0.15) is 0 Å². The highest BCUT2D eigenvalue weighted by Gasteiger charge is 2.17. The summed E-state index contributed by atoms with van der Waals surface area (Å²) in [5, 5.41) is 10.6. The average Bonchev–Trinajstić information content (AvgIpc) is 2.27. The zero-order chi connectivity index (χ0) is 14.4. The predicted molar refractivity (Wildman–Crippen MR) is 61.4 cm³/mol. The lowest BCUT2D eigenvalue weighted by molar-refractivity contribution is -0.143. The summed E-state index contributed by atoms with van der Waals surface area (Å²) in [6.07, 6.45) is 0. The highest BCUT2D eigenvalue weighted by atomic mass is 19.1. The molecule has 0 spiro atoms. The second-order valence-corrected chi connectivity index (χ2v) is 3.81. The fraction of sp³-hybridized carbons (Fsp3) is 0.333. The maximum Gasteiger partial charge on any atom is 0.329 e. The summed E-state index contributed by atoms with van der Waals surface area (Å²) in [5.41, 5.74) is -0.255. The molecule has 0 fully saturated rings. The van der Waals surface area contributed by atoms with Gasteiger partial charge in [0, 0.05) is 5.56 Å². The number of carbonyl (C=O) groups is 2. The molecule has 0 saturated carbocycles. The highest BCUT2D eigenvalue weighted by molar-refractivity contribution is 5.78. The van der Waals surface area contributed by atoms with Crippen LogP contribution in [-0.2, 0) is 14.3 Å². The Morgan fingerprint density at radius 1 is 1.32 bits per heavy atom. The van der Waals surface area contributed by atoms with Crippen LogP contribution in [0.15, 0.2) is 18.2 Å². The lowest BCUT2D eigenvalue weighted by Gasteiger charge is -2.15. The number of hydrogen-bond donors (Lipinski definition) is 2. The van der Waals surface area contributed by atoms with Crippen molar-refractivity contribution in [1.29, 1.82) is 0 Å². The number of benzene rings is 1. The van der Waals surface area contributed by atoms with Gasteiger partial charge in [0.05, 0.1) is 6.04 Å². The number of ether oxygens (including phenoxy) is 1. The second-order valence-electron chi connectivity index (χ2n) is 3.81. The lowest BCUT2D eigenvalue weighted by atomic mass is 10.1. The quantitative estimate of drug-likeness (QED) is 0.817. The van der Waals surface area contributed by atoms with Crippen LogP contribution in [0.25, 0.3) is 0 Å². The molecule has 19 heavy (non-hydrogen) atoms. The minimum Gasteiger partial charge on any atom is -0.480 e. The van der Waals surface area contributed by atoms with Gasteiger partial charge in [-0.1, -0.05) is 6.07 Å². The first-order valence-electron chi connectivity index (χ1n) is 5.44. The number of aliphatic carboxylic acids is 1. The molecular weight excluding hydrogens is 260 g/mol. The Labute approximate surface area is 108 Å². The first kappa shape index (κ1) is 15.0. The molecule has 5 nitrogen and oxygen atoms in total. The van der Waals surface area contributed by atoms with E-state index in [4.69, 9.17) is 5.11 Å². The number of nitrogens with one attached hydrogen (secondary N) is 1. The van der Waals surface area contributed by atoms with Crippen molar-refractivity contribution in [3.63, 3.8) is 0 Å². The molecule has 0 aliphatic rings. The Kier molecular flexibility index (Phi) is 5.37. The molecule has 1 atom stereocenters. The van der Waals surface area contributed by atoms with Gasteiger partial charge in [-0.15, -0.1) is 0 Å². The van der Waals surface area contributed by atoms with Crippen LogP contribution >= 0.6 is 0 Å². The summed E-state index contributed by atoms with van der Waals surface area (Å²) in [6, 6.07) is 2.50. The van der Waals surface area contributed by atoms with E-state index in [0.29, 0.717) is 0 Å². The summed E-state index contributed by atoms with van der Waals surface area (Å²) in [5.74, 6) is -3.39. The van der Waals surface area contributed by atoms with E-state index in [1.165, 1.54) is 13.0 Å². The largest absolute Gasteiger partial charge is 0.480 e. The molecule has 0 bridgehead atoms. The van der Waals surface area contributed by atoms with E-state index in [1.807, 2.05) is 0 Å². The molecule has 0 radical (unpaired) electrons. The van der Waals surface area contributed by atoms with E-state index in [-0.39, 0.29) is 5.56 Å². The van der Waals surface area contributed by atoms with Crippen molar-refractivity contribution in [3.05, 3.63) is 35.4 Å². The van der Waals surface area contributed by atoms with Crippen molar-refractivity contribution in [1.82, 2.24) is 5.32 Å². The van der Waals surface area contributed by atoms with Crippen LogP contribution in [0.5, 0.6) is 0 Å². The van der Waals surface area contributed by atoms with Crippen molar-refractivity contribution in [2.24, 2.45) is 0 Å². The maximum atomic E-state index is 13.4. The average molecular weight is 273 g/mol. The van der Waals surface area contributed by atoms with Crippen molar-refractivity contribution in [2.45, 2.75) is 13.0 Å². The Morgan fingerprint density at radius 3 is 2.42 bits per heavy atom. The normalized spacial score (nSPS) is 11.9. The van der Waals surface area contributed by atoms with E-state index in [9.17, 15) is 18.4 Å². The third-order valence-corrected chi connectivity index (χ3v) is 2.27. The van der Waals surface area contributed by atoms with E-state index in [0.717, 1.165) is 12.1 Å². The summed E-state index contributed by atoms with van der Waals surface area (Å²) < 4.78 is 31.4. The second kappa shape index (κ2) is 6.79. The van der Waals surface area contributed by atoms with E-state index in [2.05, 4.69) is 10.1 Å². The number of carbonyl (C=O) groups excluding carboxylic acids is 1. The van der Waals surface area contributed by atoms with Crippen LogP contribution in [0.2, 0.25) is 0 Å². The molecular formula is C12H13F2NO4. The molecule has 0 aliphatic carbocycles. The van der Waals surface area contributed by atoms with Gasteiger partial charge in [0.1, 0.15) is 24.8 Å². The van der Waals surface area contributed by atoms with Gasteiger partial charge < -0.3 is 15.2 Å². The summed E-state index contributed by atoms with van der Waals surface area (Å²) >= 11 is 0. The van der Waals surface area contributed by atoms with Crippen molar-refractivity contribution < 1.29 is 28.2 Å². The first-order chi connectivity index (χ1) is 8.91. The van der Waals surface area contributed by atoms with E-state index < -0.39 is 42.8 Å². The van der Waals surface area contributed by atoms with Gasteiger partial charge in [-0.05, 0) is 19.1 Å². The van der Waals surface area contributed by atoms with Crippen LogP contribution in [0.1, 0.15) is 18.5 Å². The third kappa shape index (κ3) is 4.63. The van der Waals surface area contributed by atoms with Crippen molar-refractivity contribution >= 4 is 11.9 Å². The molecule has 2 N–H and O–H groups in total. The van der Waals surface area contributed by atoms with Gasteiger partial charge in [0.2, 0.25) is 5.91 Å². The third-order valence-electron chi connectivity index (χ3n) is 2.27. The van der Waals surface area contributed by atoms with Crippen LogP contribution in [-0.4, -0.2) is 30.2 Å². The molecule has 0 aliphatic heterocycles. The number of hydrogen-bond acceptors (Lipinski definition) is 3. The Hall–Kier alpha value is -2.02. The van der Waals surface area contributed by atoms with Crippen LogP contribution < -0.4 is 5.32 Å². The minimum absolute atomic E-state index is 0.255. The van der Waals surface area contributed by atoms with Gasteiger partial charge >= 0.3 is 5.97 Å².